The quantitative estimate of drug-likeness (QED) is 0.667. The molecule has 1 aromatic heterocycles. The van der Waals surface area contributed by atoms with Crippen LogP contribution in [0, 0.1) is 0 Å². The molecule has 0 aliphatic carbocycles. The van der Waals surface area contributed by atoms with E-state index in [1.807, 2.05) is 12.1 Å². The van der Waals surface area contributed by atoms with Crippen LogP contribution in [0.1, 0.15) is 0 Å². The Bertz CT molecular complexity index is 374. The van der Waals surface area contributed by atoms with Gasteiger partial charge in [0.2, 0.25) is 0 Å². The highest BCUT2D eigenvalue weighted by Crippen LogP contribution is 2.18. The molecular formula is C8H4NO3. The second-order valence-electron chi connectivity index (χ2n) is 2.13. The number of oxazole rings is 1. The molecule has 0 N–H and O–H groups in total. The highest BCUT2D eigenvalue weighted by Gasteiger charge is 2.04. The van der Waals surface area contributed by atoms with E-state index in [-0.39, 0.29) is 6.08 Å². The van der Waals surface area contributed by atoms with Crippen LogP contribution in [0.5, 0.6) is 6.08 Å². The van der Waals surface area contributed by atoms with E-state index in [0.717, 1.165) is 0 Å². The van der Waals surface area contributed by atoms with Crippen LogP contribution >= 0.6 is 0 Å². The molecule has 0 bridgehead atoms. The summed E-state index contributed by atoms with van der Waals surface area (Å²) in [7, 11) is 0. The summed E-state index contributed by atoms with van der Waals surface area (Å²) in [6.07, 6.45) is -0.0776. The number of carbonyl (C=O) groups excluding carboxylic acids is 1. The van der Waals surface area contributed by atoms with Crippen molar-refractivity contribution in [2.24, 2.45) is 0 Å². The second-order valence-corrected chi connectivity index (χ2v) is 2.13. The summed E-state index contributed by atoms with van der Waals surface area (Å²) < 4.78 is 9.32. The molecule has 12 heavy (non-hydrogen) atoms. The summed E-state index contributed by atoms with van der Waals surface area (Å²) in [5.74, 6) is 0. The van der Waals surface area contributed by atoms with E-state index in [0.29, 0.717) is 11.1 Å². The fraction of sp³-hybridized carbons (Fsp3) is 0. The van der Waals surface area contributed by atoms with Crippen LogP contribution in [0.25, 0.3) is 11.1 Å². The molecule has 4 nitrogen and oxygen atoms in total. The standard InChI is InChI=1S/C8H4NO3/c10-5-11-8-9-6-3-1-2-4-7(6)12-8/h1-4H. The number of hydrogen-bond donors (Lipinski definition) is 0. The zero-order valence-electron chi connectivity index (χ0n) is 5.98. The van der Waals surface area contributed by atoms with Gasteiger partial charge in [-0.2, -0.15) is 4.98 Å². The van der Waals surface area contributed by atoms with E-state index in [2.05, 4.69) is 9.72 Å². The SMILES string of the molecule is O=[C]Oc1nc2ccccc2o1. The molecule has 0 atom stereocenters. The van der Waals surface area contributed by atoms with Crippen LogP contribution in [0.15, 0.2) is 28.7 Å². The van der Waals surface area contributed by atoms with Gasteiger partial charge < -0.3 is 9.15 Å². The number of hydrogen-bond acceptors (Lipinski definition) is 4. The monoisotopic (exact) mass is 162 g/mol. The zero-order valence-corrected chi connectivity index (χ0v) is 5.98. The molecule has 2 aromatic rings. The van der Waals surface area contributed by atoms with Crippen LogP contribution in [0.4, 0.5) is 0 Å². The van der Waals surface area contributed by atoms with Gasteiger partial charge >= 0.3 is 12.5 Å². The minimum atomic E-state index is -0.0776. The van der Waals surface area contributed by atoms with E-state index in [1.54, 1.807) is 12.1 Å². The first-order valence-corrected chi connectivity index (χ1v) is 3.30. The number of fused-ring (bicyclic) bond motifs is 1. The van der Waals surface area contributed by atoms with Crippen molar-refractivity contribution < 1.29 is 13.9 Å². The Morgan fingerprint density at radius 1 is 1.42 bits per heavy atom. The lowest BCUT2D eigenvalue weighted by molar-refractivity contribution is 0.351. The molecule has 0 saturated carbocycles. The molecule has 2 rings (SSSR count). The first-order chi connectivity index (χ1) is 5.90. The van der Waals surface area contributed by atoms with E-state index in [4.69, 9.17) is 4.42 Å². The number of nitrogens with zero attached hydrogens (tertiary/aromatic N) is 1. The smallest absolute Gasteiger partial charge is 0.409 e. The largest absolute Gasteiger partial charge is 0.426 e. The zero-order chi connectivity index (χ0) is 8.39. The Balaban J connectivity index is 2.54. The molecule has 1 aromatic carbocycles. The third kappa shape index (κ3) is 1.03. The lowest BCUT2D eigenvalue weighted by Crippen LogP contribution is -1.86. The van der Waals surface area contributed by atoms with Gasteiger partial charge in [-0.3, -0.25) is 0 Å². The predicted octanol–water partition coefficient (Wildman–Crippen LogP) is 1.27. The molecule has 59 valence electrons. The lowest BCUT2D eigenvalue weighted by atomic mass is 10.3. The van der Waals surface area contributed by atoms with E-state index in [1.165, 1.54) is 6.47 Å². The predicted molar refractivity (Wildman–Crippen MR) is 40.3 cm³/mol. The van der Waals surface area contributed by atoms with Crippen molar-refractivity contribution in [1.82, 2.24) is 4.98 Å². The maximum absolute atomic E-state index is 9.80. The Hall–Kier alpha value is -1.84. The van der Waals surface area contributed by atoms with Crippen molar-refractivity contribution in [2.75, 3.05) is 0 Å². The van der Waals surface area contributed by atoms with Crippen LogP contribution < -0.4 is 4.74 Å². The fourth-order valence-electron chi connectivity index (χ4n) is 0.930. The Kier molecular flexibility index (Phi) is 1.51. The van der Waals surface area contributed by atoms with E-state index in [9.17, 15) is 4.79 Å². The third-order valence-corrected chi connectivity index (χ3v) is 1.40. The van der Waals surface area contributed by atoms with Crippen molar-refractivity contribution in [1.29, 1.82) is 0 Å². The minimum Gasteiger partial charge on any atom is -0.409 e. The molecule has 0 fully saturated rings. The molecule has 4 heteroatoms. The molecular weight excluding hydrogens is 158 g/mol. The Morgan fingerprint density at radius 2 is 2.25 bits per heavy atom. The molecule has 0 aliphatic rings. The summed E-state index contributed by atoms with van der Waals surface area (Å²) in [5, 5.41) is 0. The lowest BCUT2D eigenvalue weighted by Gasteiger charge is -1.81. The normalized spacial score (nSPS) is 10.0. The van der Waals surface area contributed by atoms with E-state index >= 15 is 0 Å². The van der Waals surface area contributed by atoms with Gasteiger partial charge in [0.25, 0.3) is 0 Å². The van der Waals surface area contributed by atoms with Crippen LogP contribution in [-0.4, -0.2) is 11.5 Å². The van der Waals surface area contributed by atoms with Crippen molar-refractivity contribution >= 4 is 17.6 Å². The van der Waals surface area contributed by atoms with Gasteiger partial charge in [0.1, 0.15) is 5.52 Å². The van der Waals surface area contributed by atoms with Gasteiger partial charge in [0, 0.05) is 0 Å². The number of aromatic nitrogens is 1. The maximum atomic E-state index is 9.80. The molecule has 0 saturated heterocycles. The second kappa shape index (κ2) is 2.65. The van der Waals surface area contributed by atoms with Crippen LogP contribution in [0.2, 0.25) is 0 Å². The fourth-order valence-corrected chi connectivity index (χ4v) is 0.930. The minimum absolute atomic E-state index is 0.0776. The summed E-state index contributed by atoms with van der Waals surface area (Å²) in [4.78, 5) is 13.7. The van der Waals surface area contributed by atoms with Gasteiger partial charge in [-0.05, 0) is 12.1 Å². The third-order valence-electron chi connectivity index (χ3n) is 1.40. The van der Waals surface area contributed by atoms with Gasteiger partial charge in [0.05, 0.1) is 0 Å². The Labute approximate surface area is 67.8 Å². The van der Waals surface area contributed by atoms with Gasteiger partial charge in [-0.15, -0.1) is 0 Å². The average Bonchev–Trinajstić information content (AvgIpc) is 2.47. The highest BCUT2D eigenvalue weighted by atomic mass is 16.6. The highest BCUT2D eigenvalue weighted by molar-refractivity contribution is 5.72. The first-order valence-electron chi connectivity index (χ1n) is 3.30. The van der Waals surface area contributed by atoms with Gasteiger partial charge in [-0.25, -0.2) is 4.79 Å². The summed E-state index contributed by atoms with van der Waals surface area (Å²) in [6.45, 7) is 1.24. The molecule has 0 spiro atoms. The van der Waals surface area contributed by atoms with Gasteiger partial charge in [0.15, 0.2) is 5.58 Å². The molecule has 0 aliphatic heterocycles. The first kappa shape index (κ1) is 6.84. The number of rotatable bonds is 2. The summed E-state index contributed by atoms with van der Waals surface area (Å²) in [6, 6.07) is 7.12. The number of para-hydroxylation sites is 2. The molecule has 1 heterocycles. The molecule has 1 radical (unpaired) electrons. The topological polar surface area (TPSA) is 52.3 Å². The summed E-state index contributed by atoms with van der Waals surface area (Å²) >= 11 is 0. The maximum Gasteiger partial charge on any atom is 0.426 e. The van der Waals surface area contributed by atoms with Crippen molar-refractivity contribution in [2.45, 2.75) is 0 Å². The van der Waals surface area contributed by atoms with Crippen LogP contribution in [-0.2, 0) is 4.79 Å². The number of benzene rings is 1. The summed E-state index contributed by atoms with van der Waals surface area (Å²) in [5.41, 5.74) is 1.24. The average molecular weight is 162 g/mol. The Morgan fingerprint density at radius 3 is 3.00 bits per heavy atom. The van der Waals surface area contributed by atoms with Crippen molar-refractivity contribution in [3.05, 3.63) is 24.3 Å². The number of ether oxygens (including phenoxy) is 1. The van der Waals surface area contributed by atoms with Crippen LogP contribution in [0.3, 0.4) is 0 Å². The van der Waals surface area contributed by atoms with Crippen molar-refractivity contribution in [3.8, 4) is 6.08 Å². The van der Waals surface area contributed by atoms with Crippen molar-refractivity contribution in [3.63, 3.8) is 0 Å². The van der Waals surface area contributed by atoms with Gasteiger partial charge in [-0.1, -0.05) is 12.1 Å². The van der Waals surface area contributed by atoms with E-state index < -0.39 is 0 Å². The molecule has 0 unspecified atom stereocenters. The molecule has 0 amide bonds.